The van der Waals surface area contributed by atoms with Gasteiger partial charge in [0, 0.05) is 11.8 Å². The van der Waals surface area contributed by atoms with Crippen molar-refractivity contribution in [2.75, 3.05) is 12.4 Å². The molecule has 9 nitrogen and oxygen atoms in total. The van der Waals surface area contributed by atoms with Crippen LogP contribution >= 0.6 is 11.6 Å². The second-order valence-electron chi connectivity index (χ2n) is 5.49. The molecular weight excluding hydrogens is 390 g/mol. The van der Waals surface area contributed by atoms with Gasteiger partial charge in [0.2, 0.25) is 0 Å². The zero-order valence-electron chi connectivity index (χ0n) is 14.8. The van der Waals surface area contributed by atoms with E-state index in [2.05, 4.69) is 10.1 Å². The molecule has 0 spiro atoms. The van der Waals surface area contributed by atoms with Crippen molar-refractivity contribution in [2.45, 2.75) is 13.0 Å². The maximum Gasteiger partial charge on any atom is 0.338 e. The first-order valence-electron chi connectivity index (χ1n) is 7.80. The molecule has 1 amide bonds. The van der Waals surface area contributed by atoms with Gasteiger partial charge in [-0.25, -0.2) is 4.79 Å². The SMILES string of the molecule is COC(=O)c1ccc(O[C@H](C)C(=O)Nc2ccc(C#N)c(Cl)c2)c([N+](=O)[O-])c1. The maximum atomic E-state index is 12.3. The number of nitro benzene ring substituents is 1. The Bertz CT molecular complexity index is 986. The lowest BCUT2D eigenvalue weighted by Gasteiger charge is -2.15. The second-order valence-corrected chi connectivity index (χ2v) is 5.89. The number of halogens is 1. The standard InChI is InChI=1S/C18H14ClN3O6/c1-10(17(23)21-13-5-3-12(9-20)14(19)8-13)28-16-6-4-11(18(24)27-2)7-15(16)22(25)26/h3-8,10H,1-2H3,(H,21,23)/t10-/m1/s1. The van der Waals surface area contributed by atoms with Crippen LogP contribution in [0.15, 0.2) is 36.4 Å². The van der Waals surface area contributed by atoms with Gasteiger partial charge in [-0.15, -0.1) is 0 Å². The molecule has 0 saturated carbocycles. The Morgan fingerprint density at radius 3 is 2.57 bits per heavy atom. The third-order valence-electron chi connectivity index (χ3n) is 3.61. The minimum absolute atomic E-state index is 0.0223. The number of methoxy groups -OCH3 is 1. The van der Waals surface area contributed by atoms with Gasteiger partial charge in [-0.1, -0.05) is 11.6 Å². The number of carbonyl (C=O) groups is 2. The maximum absolute atomic E-state index is 12.3. The van der Waals surface area contributed by atoms with Crippen molar-refractivity contribution >= 4 is 34.9 Å². The molecule has 1 atom stereocenters. The van der Waals surface area contributed by atoms with Crippen molar-refractivity contribution in [3.05, 3.63) is 62.7 Å². The number of nitrogens with one attached hydrogen (secondary N) is 1. The normalized spacial score (nSPS) is 11.1. The molecule has 0 bridgehead atoms. The van der Waals surface area contributed by atoms with E-state index < -0.39 is 28.6 Å². The Labute approximate surface area is 164 Å². The van der Waals surface area contributed by atoms with Crippen LogP contribution in [0.25, 0.3) is 0 Å². The van der Waals surface area contributed by atoms with Gasteiger partial charge in [0.15, 0.2) is 11.9 Å². The van der Waals surface area contributed by atoms with Crippen molar-refractivity contribution < 1.29 is 24.0 Å². The van der Waals surface area contributed by atoms with Crippen LogP contribution in [0.3, 0.4) is 0 Å². The van der Waals surface area contributed by atoms with E-state index in [1.165, 1.54) is 37.3 Å². The summed E-state index contributed by atoms with van der Waals surface area (Å²) in [6.07, 6.45) is -1.10. The summed E-state index contributed by atoms with van der Waals surface area (Å²) in [5.74, 6) is -1.51. The number of amides is 1. The van der Waals surface area contributed by atoms with Crippen LogP contribution < -0.4 is 10.1 Å². The highest BCUT2D eigenvalue weighted by atomic mass is 35.5. The highest BCUT2D eigenvalue weighted by Crippen LogP contribution is 2.29. The zero-order chi connectivity index (χ0) is 20.8. The molecular formula is C18H14ClN3O6. The van der Waals surface area contributed by atoms with Gasteiger partial charge in [0.25, 0.3) is 5.91 Å². The number of nitriles is 1. The monoisotopic (exact) mass is 403 g/mol. The summed E-state index contributed by atoms with van der Waals surface area (Å²) in [6, 6.07) is 9.74. The summed E-state index contributed by atoms with van der Waals surface area (Å²) in [5, 5.41) is 22.8. The van der Waals surface area contributed by atoms with Crippen molar-refractivity contribution in [1.82, 2.24) is 0 Å². The molecule has 0 aliphatic rings. The fourth-order valence-electron chi connectivity index (χ4n) is 2.18. The number of carbonyl (C=O) groups excluding carboxylic acids is 2. The number of nitrogens with zero attached hydrogens (tertiary/aromatic N) is 2. The molecule has 0 saturated heterocycles. The van der Waals surface area contributed by atoms with Crippen LogP contribution in [0.5, 0.6) is 5.75 Å². The molecule has 0 heterocycles. The number of rotatable bonds is 6. The van der Waals surface area contributed by atoms with Crippen LogP contribution in [0.4, 0.5) is 11.4 Å². The number of ether oxygens (including phenoxy) is 2. The van der Waals surface area contributed by atoms with Crippen LogP contribution in [-0.2, 0) is 9.53 Å². The van der Waals surface area contributed by atoms with E-state index in [9.17, 15) is 19.7 Å². The quantitative estimate of drug-likeness (QED) is 0.444. The van der Waals surface area contributed by atoms with Gasteiger partial charge in [0.05, 0.1) is 28.2 Å². The molecule has 0 aromatic heterocycles. The van der Waals surface area contributed by atoms with Crippen LogP contribution in [0.1, 0.15) is 22.8 Å². The van der Waals surface area contributed by atoms with E-state index >= 15 is 0 Å². The minimum Gasteiger partial charge on any atom is -0.474 e. The third kappa shape index (κ3) is 4.75. The van der Waals surface area contributed by atoms with E-state index in [-0.39, 0.29) is 21.9 Å². The van der Waals surface area contributed by atoms with Gasteiger partial charge >= 0.3 is 11.7 Å². The molecule has 28 heavy (non-hydrogen) atoms. The van der Waals surface area contributed by atoms with Crippen molar-refractivity contribution in [2.24, 2.45) is 0 Å². The lowest BCUT2D eigenvalue weighted by Crippen LogP contribution is -2.30. The van der Waals surface area contributed by atoms with E-state index in [4.69, 9.17) is 21.6 Å². The highest BCUT2D eigenvalue weighted by Gasteiger charge is 2.23. The number of hydrogen-bond acceptors (Lipinski definition) is 7. The van der Waals surface area contributed by atoms with Crippen LogP contribution in [-0.4, -0.2) is 30.0 Å². The molecule has 0 aliphatic carbocycles. The first-order chi connectivity index (χ1) is 13.3. The second kappa shape index (κ2) is 8.83. The molecule has 144 valence electrons. The van der Waals surface area contributed by atoms with Crippen molar-refractivity contribution in [3.63, 3.8) is 0 Å². The summed E-state index contributed by atoms with van der Waals surface area (Å²) in [5.41, 5.74) is 0.0834. The van der Waals surface area contributed by atoms with Crippen molar-refractivity contribution in [1.29, 1.82) is 5.26 Å². The Hall–Kier alpha value is -3.64. The Kier molecular flexibility index (Phi) is 6.52. The topological polar surface area (TPSA) is 132 Å². The average molecular weight is 404 g/mol. The van der Waals surface area contributed by atoms with Gasteiger partial charge < -0.3 is 14.8 Å². The summed E-state index contributed by atoms with van der Waals surface area (Å²) in [6.45, 7) is 1.40. The van der Waals surface area contributed by atoms with Gasteiger partial charge in [-0.2, -0.15) is 5.26 Å². The lowest BCUT2D eigenvalue weighted by molar-refractivity contribution is -0.386. The minimum atomic E-state index is -1.10. The molecule has 2 aromatic carbocycles. The lowest BCUT2D eigenvalue weighted by atomic mass is 10.2. The smallest absolute Gasteiger partial charge is 0.338 e. The number of anilines is 1. The molecule has 2 aromatic rings. The Morgan fingerprint density at radius 2 is 2.00 bits per heavy atom. The largest absolute Gasteiger partial charge is 0.474 e. The van der Waals surface area contributed by atoms with Crippen LogP contribution in [0, 0.1) is 21.4 Å². The number of nitro groups is 1. The van der Waals surface area contributed by atoms with E-state index in [1.54, 1.807) is 0 Å². The zero-order valence-corrected chi connectivity index (χ0v) is 15.5. The third-order valence-corrected chi connectivity index (χ3v) is 3.92. The predicted molar refractivity (Wildman–Crippen MR) is 99.3 cm³/mol. The fourth-order valence-corrected chi connectivity index (χ4v) is 2.40. The van der Waals surface area contributed by atoms with Gasteiger partial charge in [-0.05, 0) is 37.3 Å². The summed E-state index contributed by atoms with van der Waals surface area (Å²) in [4.78, 5) is 34.4. The first kappa shape index (κ1) is 20.7. The average Bonchev–Trinajstić information content (AvgIpc) is 2.67. The molecule has 1 N–H and O–H groups in total. The van der Waals surface area contributed by atoms with Crippen molar-refractivity contribution in [3.8, 4) is 11.8 Å². The van der Waals surface area contributed by atoms with Crippen LogP contribution in [0.2, 0.25) is 5.02 Å². The summed E-state index contributed by atoms with van der Waals surface area (Å²) >= 11 is 5.91. The highest BCUT2D eigenvalue weighted by molar-refractivity contribution is 6.32. The fraction of sp³-hybridized carbons (Fsp3) is 0.167. The van der Waals surface area contributed by atoms with E-state index in [1.807, 2.05) is 6.07 Å². The predicted octanol–water partition coefficient (Wildman–Crippen LogP) is 3.31. The summed E-state index contributed by atoms with van der Waals surface area (Å²) in [7, 11) is 1.15. The number of esters is 1. The molecule has 0 aliphatic heterocycles. The van der Waals surface area contributed by atoms with E-state index in [0.29, 0.717) is 5.69 Å². The molecule has 0 radical (unpaired) electrons. The molecule has 0 fully saturated rings. The first-order valence-corrected chi connectivity index (χ1v) is 8.18. The number of benzene rings is 2. The van der Waals surface area contributed by atoms with Gasteiger partial charge in [-0.3, -0.25) is 14.9 Å². The number of hydrogen-bond donors (Lipinski definition) is 1. The van der Waals surface area contributed by atoms with Gasteiger partial charge in [0.1, 0.15) is 6.07 Å². The molecule has 10 heteroatoms. The van der Waals surface area contributed by atoms with E-state index in [0.717, 1.165) is 13.2 Å². The molecule has 2 rings (SSSR count). The Morgan fingerprint density at radius 1 is 1.29 bits per heavy atom. The molecule has 0 unspecified atom stereocenters. The Balaban J connectivity index is 2.17. The summed E-state index contributed by atoms with van der Waals surface area (Å²) < 4.78 is 9.92.